The first-order chi connectivity index (χ1) is 10.1. The summed E-state index contributed by atoms with van der Waals surface area (Å²) in [7, 11) is 1.44. The summed E-state index contributed by atoms with van der Waals surface area (Å²) in [4.78, 5) is 14.4. The number of ether oxygens (including phenoxy) is 2. The summed E-state index contributed by atoms with van der Waals surface area (Å²) in [6, 6.07) is 7.74. The smallest absolute Gasteiger partial charge is 0.311 e. The van der Waals surface area contributed by atoms with Gasteiger partial charge >= 0.3 is 5.69 Å². The van der Waals surface area contributed by atoms with E-state index in [0.717, 1.165) is 0 Å². The molecule has 0 fully saturated rings. The predicted octanol–water partition coefficient (Wildman–Crippen LogP) is 2.97. The molecule has 0 radical (unpaired) electrons. The number of pyridine rings is 1. The van der Waals surface area contributed by atoms with Crippen molar-refractivity contribution in [2.45, 2.75) is 6.92 Å². The van der Waals surface area contributed by atoms with Crippen molar-refractivity contribution in [1.29, 1.82) is 5.26 Å². The number of aryl methyl sites for hydroxylation is 1. The van der Waals surface area contributed by atoms with Gasteiger partial charge in [0.1, 0.15) is 17.4 Å². The van der Waals surface area contributed by atoms with Crippen LogP contribution in [0.15, 0.2) is 30.5 Å². The molecule has 1 aromatic heterocycles. The SMILES string of the molecule is COc1ccc([N+](=O)[O-])c(Oc2nccc(C)c2C#N)c1. The Morgan fingerprint density at radius 3 is 2.76 bits per heavy atom. The van der Waals surface area contributed by atoms with Gasteiger partial charge in [0.25, 0.3) is 0 Å². The first kappa shape index (κ1) is 14.3. The molecule has 0 bridgehead atoms. The summed E-state index contributed by atoms with van der Waals surface area (Å²) in [6.07, 6.45) is 1.47. The average Bonchev–Trinajstić information content (AvgIpc) is 2.47. The Labute approximate surface area is 120 Å². The van der Waals surface area contributed by atoms with Crippen molar-refractivity contribution >= 4 is 5.69 Å². The molecule has 0 unspecified atom stereocenters. The lowest BCUT2D eigenvalue weighted by atomic mass is 10.2. The van der Waals surface area contributed by atoms with Crippen molar-refractivity contribution in [3.63, 3.8) is 0 Å². The van der Waals surface area contributed by atoms with Crippen LogP contribution in [0.5, 0.6) is 17.4 Å². The van der Waals surface area contributed by atoms with E-state index in [1.807, 2.05) is 6.07 Å². The van der Waals surface area contributed by atoms with Gasteiger partial charge in [-0.2, -0.15) is 5.26 Å². The summed E-state index contributed by atoms with van der Waals surface area (Å²) in [5.41, 5.74) is 0.672. The van der Waals surface area contributed by atoms with E-state index in [4.69, 9.17) is 14.7 Å². The van der Waals surface area contributed by atoms with Crippen LogP contribution in [0.2, 0.25) is 0 Å². The number of hydrogen-bond acceptors (Lipinski definition) is 6. The number of nitrogens with zero attached hydrogens (tertiary/aromatic N) is 3. The standard InChI is InChI=1S/C14H11N3O4/c1-9-5-6-16-14(11(9)8-15)21-13-7-10(20-2)3-4-12(13)17(18)19/h3-7H,1-2H3. The number of rotatable bonds is 4. The van der Waals surface area contributed by atoms with Gasteiger partial charge in [0.15, 0.2) is 0 Å². The second-order valence-corrected chi connectivity index (χ2v) is 4.11. The second kappa shape index (κ2) is 5.88. The minimum Gasteiger partial charge on any atom is -0.497 e. The van der Waals surface area contributed by atoms with E-state index in [-0.39, 0.29) is 22.9 Å². The van der Waals surface area contributed by atoms with E-state index in [1.165, 1.54) is 31.5 Å². The van der Waals surface area contributed by atoms with Gasteiger partial charge in [0, 0.05) is 18.3 Å². The molecule has 2 rings (SSSR count). The molecule has 0 aliphatic heterocycles. The van der Waals surface area contributed by atoms with E-state index >= 15 is 0 Å². The molecular formula is C14H11N3O4. The highest BCUT2D eigenvalue weighted by atomic mass is 16.6. The first-order valence-electron chi connectivity index (χ1n) is 5.92. The van der Waals surface area contributed by atoms with Crippen LogP contribution in [-0.2, 0) is 0 Å². The van der Waals surface area contributed by atoms with Crippen molar-refractivity contribution < 1.29 is 14.4 Å². The van der Waals surface area contributed by atoms with E-state index in [2.05, 4.69) is 4.98 Å². The summed E-state index contributed by atoms with van der Waals surface area (Å²) < 4.78 is 10.5. The monoisotopic (exact) mass is 285 g/mol. The highest BCUT2D eigenvalue weighted by Crippen LogP contribution is 2.35. The Morgan fingerprint density at radius 1 is 1.38 bits per heavy atom. The van der Waals surface area contributed by atoms with Gasteiger partial charge in [-0.1, -0.05) is 0 Å². The number of aromatic nitrogens is 1. The summed E-state index contributed by atoms with van der Waals surface area (Å²) in [6.45, 7) is 1.73. The topological polar surface area (TPSA) is 98.3 Å². The minimum atomic E-state index is -0.573. The molecule has 0 saturated heterocycles. The van der Waals surface area contributed by atoms with Crippen LogP contribution >= 0.6 is 0 Å². The van der Waals surface area contributed by atoms with Crippen molar-refractivity contribution in [2.75, 3.05) is 7.11 Å². The third-order valence-corrected chi connectivity index (χ3v) is 2.81. The Morgan fingerprint density at radius 2 is 2.14 bits per heavy atom. The quantitative estimate of drug-likeness (QED) is 0.632. The molecule has 106 valence electrons. The van der Waals surface area contributed by atoms with Gasteiger partial charge in [-0.3, -0.25) is 10.1 Å². The minimum absolute atomic E-state index is 0.0221. The molecular weight excluding hydrogens is 274 g/mol. The Kier molecular flexibility index (Phi) is 4.00. The van der Waals surface area contributed by atoms with E-state index in [9.17, 15) is 10.1 Å². The molecule has 0 amide bonds. The Balaban J connectivity index is 2.51. The third kappa shape index (κ3) is 2.90. The zero-order valence-electron chi connectivity index (χ0n) is 11.4. The average molecular weight is 285 g/mol. The predicted molar refractivity (Wildman–Crippen MR) is 73.4 cm³/mol. The molecule has 1 aromatic carbocycles. The highest BCUT2D eigenvalue weighted by Gasteiger charge is 2.19. The Hall–Kier alpha value is -3.14. The molecule has 7 heteroatoms. The van der Waals surface area contributed by atoms with Crippen molar-refractivity contribution in [3.8, 4) is 23.4 Å². The van der Waals surface area contributed by atoms with Gasteiger partial charge in [-0.15, -0.1) is 0 Å². The maximum Gasteiger partial charge on any atom is 0.311 e. The fourth-order valence-corrected chi connectivity index (χ4v) is 1.70. The number of nitro groups is 1. The van der Waals surface area contributed by atoms with Gasteiger partial charge in [-0.05, 0) is 24.6 Å². The zero-order chi connectivity index (χ0) is 15.4. The molecule has 0 N–H and O–H groups in total. The van der Waals surface area contributed by atoms with E-state index in [1.54, 1.807) is 13.0 Å². The van der Waals surface area contributed by atoms with Gasteiger partial charge in [-0.25, -0.2) is 4.98 Å². The number of benzene rings is 1. The molecule has 21 heavy (non-hydrogen) atoms. The lowest BCUT2D eigenvalue weighted by molar-refractivity contribution is -0.385. The van der Waals surface area contributed by atoms with Crippen LogP contribution in [-0.4, -0.2) is 17.0 Å². The van der Waals surface area contributed by atoms with E-state index < -0.39 is 4.92 Å². The highest BCUT2D eigenvalue weighted by molar-refractivity contribution is 5.54. The molecule has 0 aliphatic rings. The van der Waals surface area contributed by atoms with Gasteiger partial charge in [0.05, 0.1) is 12.0 Å². The van der Waals surface area contributed by atoms with Crippen LogP contribution < -0.4 is 9.47 Å². The summed E-state index contributed by atoms with van der Waals surface area (Å²) in [5, 5.41) is 20.2. The van der Waals surface area contributed by atoms with Crippen molar-refractivity contribution in [1.82, 2.24) is 4.98 Å². The largest absolute Gasteiger partial charge is 0.497 e. The summed E-state index contributed by atoms with van der Waals surface area (Å²) in [5.74, 6) is 0.393. The lowest BCUT2D eigenvalue weighted by Crippen LogP contribution is -1.98. The molecule has 7 nitrogen and oxygen atoms in total. The number of nitriles is 1. The molecule has 0 aliphatic carbocycles. The molecule has 0 atom stereocenters. The van der Waals surface area contributed by atoms with Crippen LogP contribution in [0, 0.1) is 28.4 Å². The number of methoxy groups -OCH3 is 1. The van der Waals surface area contributed by atoms with E-state index in [0.29, 0.717) is 11.3 Å². The Bertz CT molecular complexity index is 737. The maximum atomic E-state index is 11.0. The molecule has 1 heterocycles. The maximum absolute atomic E-state index is 11.0. The zero-order valence-corrected chi connectivity index (χ0v) is 11.4. The summed E-state index contributed by atoms with van der Waals surface area (Å²) >= 11 is 0. The van der Waals surface area contributed by atoms with Crippen LogP contribution in [0.4, 0.5) is 5.69 Å². The molecule has 0 spiro atoms. The fraction of sp³-hybridized carbons (Fsp3) is 0.143. The fourth-order valence-electron chi connectivity index (χ4n) is 1.70. The van der Waals surface area contributed by atoms with Crippen molar-refractivity contribution in [2.24, 2.45) is 0 Å². The normalized spacial score (nSPS) is 9.76. The third-order valence-electron chi connectivity index (χ3n) is 2.81. The molecule has 2 aromatic rings. The number of nitro benzene ring substituents is 1. The molecule has 0 saturated carbocycles. The van der Waals surface area contributed by atoms with Gasteiger partial charge < -0.3 is 9.47 Å². The lowest BCUT2D eigenvalue weighted by Gasteiger charge is -2.09. The van der Waals surface area contributed by atoms with Crippen molar-refractivity contribution in [3.05, 3.63) is 51.7 Å². The van der Waals surface area contributed by atoms with Gasteiger partial charge in [0.2, 0.25) is 11.6 Å². The first-order valence-corrected chi connectivity index (χ1v) is 5.92. The van der Waals surface area contributed by atoms with Crippen LogP contribution in [0.3, 0.4) is 0 Å². The van der Waals surface area contributed by atoms with Crippen LogP contribution in [0.1, 0.15) is 11.1 Å². The number of hydrogen-bond donors (Lipinski definition) is 0. The second-order valence-electron chi connectivity index (χ2n) is 4.11. The van der Waals surface area contributed by atoms with Crippen LogP contribution in [0.25, 0.3) is 0 Å².